The number of rotatable bonds is 2. The minimum Gasteiger partial charge on any atom is -0.506 e. The molecular weight excluding hydrogens is 252 g/mol. The number of carbonyl (C=O) groups excluding carboxylic acids is 1. The molecule has 1 aromatic rings. The quantitative estimate of drug-likeness (QED) is 0.888. The van der Waals surface area contributed by atoms with Crippen molar-refractivity contribution in [1.82, 2.24) is 9.80 Å². The molecule has 1 N–H and O–H groups in total. The van der Waals surface area contributed by atoms with Gasteiger partial charge in [0.2, 0.25) is 5.91 Å². The van der Waals surface area contributed by atoms with Crippen molar-refractivity contribution < 1.29 is 9.90 Å². The van der Waals surface area contributed by atoms with Gasteiger partial charge in [-0.1, -0.05) is 23.7 Å². The molecule has 1 heterocycles. The zero-order valence-corrected chi connectivity index (χ0v) is 11.3. The highest BCUT2D eigenvalue weighted by atomic mass is 35.5. The molecule has 2 rings (SSSR count). The Morgan fingerprint density at radius 3 is 2.89 bits per heavy atom. The smallest absolute Gasteiger partial charge is 0.236 e. The molecule has 0 saturated carbocycles. The number of phenolic OH excluding ortho intramolecular Hbond substituents is 1. The van der Waals surface area contributed by atoms with Crippen LogP contribution in [0.5, 0.6) is 5.75 Å². The van der Waals surface area contributed by atoms with Crippen molar-refractivity contribution in [3.8, 4) is 5.75 Å². The zero-order valence-electron chi connectivity index (χ0n) is 10.6. The van der Waals surface area contributed by atoms with E-state index >= 15 is 0 Å². The third-order valence-electron chi connectivity index (χ3n) is 3.39. The van der Waals surface area contributed by atoms with Crippen LogP contribution in [0.15, 0.2) is 18.2 Å². The van der Waals surface area contributed by atoms with Gasteiger partial charge in [-0.05, 0) is 18.6 Å². The van der Waals surface area contributed by atoms with E-state index in [1.165, 1.54) is 0 Å². The molecule has 0 radical (unpaired) electrons. The Kier molecular flexibility index (Phi) is 3.78. The van der Waals surface area contributed by atoms with Gasteiger partial charge in [0, 0.05) is 26.2 Å². The highest BCUT2D eigenvalue weighted by Crippen LogP contribution is 2.28. The van der Waals surface area contributed by atoms with Crippen molar-refractivity contribution >= 4 is 17.5 Å². The fourth-order valence-corrected chi connectivity index (χ4v) is 2.34. The van der Waals surface area contributed by atoms with Crippen molar-refractivity contribution in [3.05, 3.63) is 28.8 Å². The van der Waals surface area contributed by atoms with Crippen LogP contribution < -0.4 is 0 Å². The lowest BCUT2D eigenvalue weighted by atomic mass is 10.1. The van der Waals surface area contributed by atoms with Gasteiger partial charge in [-0.25, -0.2) is 0 Å². The minimum atomic E-state index is 0.0858. The Balaban J connectivity index is 2.10. The van der Waals surface area contributed by atoms with Crippen molar-refractivity contribution in [2.45, 2.75) is 19.5 Å². The lowest BCUT2D eigenvalue weighted by Crippen LogP contribution is -2.53. The van der Waals surface area contributed by atoms with Gasteiger partial charge < -0.3 is 10.0 Å². The third kappa shape index (κ3) is 2.60. The fraction of sp³-hybridized carbons (Fsp3) is 0.462. The minimum absolute atomic E-state index is 0.0858. The number of hydrogen-bond acceptors (Lipinski definition) is 3. The molecule has 98 valence electrons. The average molecular weight is 269 g/mol. The molecule has 1 aromatic carbocycles. The monoisotopic (exact) mass is 268 g/mol. The number of benzene rings is 1. The zero-order chi connectivity index (χ0) is 13.3. The molecule has 0 unspecified atom stereocenters. The summed E-state index contributed by atoms with van der Waals surface area (Å²) in [4.78, 5) is 15.6. The van der Waals surface area contributed by atoms with E-state index in [-0.39, 0.29) is 17.7 Å². The van der Waals surface area contributed by atoms with Crippen molar-refractivity contribution in [2.24, 2.45) is 0 Å². The molecule has 0 aliphatic carbocycles. The van der Waals surface area contributed by atoms with Gasteiger partial charge >= 0.3 is 0 Å². The van der Waals surface area contributed by atoms with Gasteiger partial charge in [0.05, 0.1) is 11.6 Å². The lowest BCUT2D eigenvalue weighted by Gasteiger charge is -2.37. The first kappa shape index (κ1) is 13.2. The Labute approximate surface area is 112 Å². The van der Waals surface area contributed by atoms with Crippen LogP contribution in [0, 0.1) is 0 Å². The van der Waals surface area contributed by atoms with E-state index in [4.69, 9.17) is 11.6 Å². The number of halogens is 1. The normalized spacial score (nSPS) is 21.4. The van der Waals surface area contributed by atoms with Crippen molar-refractivity contribution in [3.63, 3.8) is 0 Å². The first-order chi connectivity index (χ1) is 8.49. The topological polar surface area (TPSA) is 43.8 Å². The largest absolute Gasteiger partial charge is 0.506 e. The molecule has 18 heavy (non-hydrogen) atoms. The summed E-state index contributed by atoms with van der Waals surface area (Å²) in [6.07, 6.45) is 0. The van der Waals surface area contributed by atoms with Crippen LogP contribution in [0.2, 0.25) is 5.02 Å². The van der Waals surface area contributed by atoms with Crippen LogP contribution in [0.3, 0.4) is 0 Å². The van der Waals surface area contributed by atoms with Gasteiger partial charge in [-0.2, -0.15) is 0 Å². The maximum absolute atomic E-state index is 11.8. The summed E-state index contributed by atoms with van der Waals surface area (Å²) in [5.41, 5.74) is 0.848. The number of phenols is 1. The second kappa shape index (κ2) is 5.16. The second-order valence-electron chi connectivity index (χ2n) is 4.77. The Hall–Kier alpha value is -1.26. The molecule has 0 spiro atoms. The molecule has 1 fully saturated rings. The molecule has 1 atom stereocenters. The molecular formula is C13H17ClN2O2. The van der Waals surface area contributed by atoms with E-state index in [1.54, 1.807) is 17.0 Å². The van der Waals surface area contributed by atoms with Crippen LogP contribution in [0.1, 0.15) is 12.5 Å². The van der Waals surface area contributed by atoms with Gasteiger partial charge in [0.15, 0.2) is 0 Å². The fourth-order valence-electron chi connectivity index (χ4n) is 2.16. The molecule has 5 heteroatoms. The van der Waals surface area contributed by atoms with Crippen LogP contribution in [0.4, 0.5) is 0 Å². The number of amides is 1. The van der Waals surface area contributed by atoms with E-state index in [9.17, 15) is 9.90 Å². The molecule has 1 amide bonds. The highest BCUT2D eigenvalue weighted by molar-refractivity contribution is 6.32. The maximum atomic E-state index is 11.8. The number of aromatic hydroxyl groups is 1. The Bertz CT molecular complexity index is 464. The number of nitrogens with zero attached hydrogens (tertiary/aromatic N) is 2. The van der Waals surface area contributed by atoms with Gasteiger partial charge in [-0.3, -0.25) is 9.69 Å². The van der Waals surface area contributed by atoms with Crippen LogP contribution in [-0.4, -0.2) is 47.0 Å². The predicted octanol–water partition coefficient (Wildman–Crippen LogP) is 1.71. The summed E-state index contributed by atoms with van der Waals surface area (Å²) in [6.45, 7) is 3.81. The van der Waals surface area contributed by atoms with Gasteiger partial charge in [0.1, 0.15) is 5.75 Å². The van der Waals surface area contributed by atoms with Crippen molar-refractivity contribution in [2.75, 3.05) is 20.1 Å². The van der Waals surface area contributed by atoms with E-state index in [0.717, 1.165) is 12.1 Å². The van der Waals surface area contributed by atoms with Gasteiger partial charge in [-0.15, -0.1) is 0 Å². The van der Waals surface area contributed by atoms with E-state index in [0.29, 0.717) is 18.1 Å². The summed E-state index contributed by atoms with van der Waals surface area (Å²) in [5.74, 6) is 0.202. The molecule has 4 nitrogen and oxygen atoms in total. The highest BCUT2D eigenvalue weighted by Gasteiger charge is 2.27. The van der Waals surface area contributed by atoms with Crippen LogP contribution >= 0.6 is 11.6 Å². The number of piperazine rings is 1. The second-order valence-corrected chi connectivity index (χ2v) is 5.15. The van der Waals surface area contributed by atoms with E-state index < -0.39 is 0 Å². The molecule has 1 aliphatic heterocycles. The maximum Gasteiger partial charge on any atom is 0.236 e. The number of hydrogen-bond donors (Lipinski definition) is 1. The van der Waals surface area contributed by atoms with E-state index in [1.807, 2.05) is 24.9 Å². The Morgan fingerprint density at radius 2 is 2.22 bits per heavy atom. The summed E-state index contributed by atoms with van der Waals surface area (Å²) >= 11 is 6.04. The van der Waals surface area contributed by atoms with Crippen LogP contribution in [0.25, 0.3) is 0 Å². The summed E-state index contributed by atoms with van der Waals surface area (Å²) in [5, 5.41) is 9.92. The van der Waals surface area contributed by atoms with Crippen LogP contribution in [-0.2, 0) is 11.3 Å². The van der Waals surface area contributed by atoms with Crippen molar-refractivity contribution in [1.29, 1.82) is 0 Å². The predicted molar refractivity (Wildman–Crippen MR) is 70.6 cm³/mol. The molecule has 0 aromatic heterocycles. The average Bonchev–Trinajstić information content (AvgIpc) is 2.32. The summed E-state index contributed by atoms with van der Waals surface area (Å²) in [6, 6.07) is 5.39. The standard InChI is InChI=1S/C13H17ClN2O2/c1-9-6-16(8-12(18)15(9)2)7-10-4-3-5-11(17)13(10)14/h3-5,9,17H,6-8H2,1-2H3/t9-/m0/s1. The summed E-state index contributed by atoms with van der Waals surface area (Å²) < 4.78 is 0. The molecule has 1 saturated heterocycles. The first-order valence-corrected chi connectivity index (χ1v) is 6.31. The Morgan fingerprint density at radius 1 is 1.50 bits per heavy atom. The number of carbonyl (C=O) groups is 1. The number of likely N-dealkylation sites (N-methyl/N-ethyl adjacent to an activating group) is 1. The molecule has 0 bridgehead atoms. The third-order valence-corrected chi connectivity index (χ3v) is 3.82. The SMILES string of the molecule is C[C@H]1CN(Cc2cccc(O)c2Cl)CC(=O)N1C. The lowest BCUT2D eigenvalue weighted by molar-refractivity contribution is -0.137. The first-order valence-electron chi connectivity index (χ1n) is 5.93. The summed E-state index contributed by atoms with van der Waals surface area (Å²) in [7, 11) is 1.83. The van der Waals surface area contributed by atoms with E-state index in [2.05, 4.69) is 0 Å². The molecule has 1 aliphatic rings. The van der Waals surface area contributed by atoms with Gasteiger partial charge in [0.25, 0.3) is 0 Å².